The lowest BCUT2D eigenvalue weighted by Crippen LogP contribution is -2.45. The molecule has 1 saturated carbocycles. The fraction of sp³-hybridized carbons (Fsp3) is 0.375. The van der Waals surface area contributed by atoms with E-state index in [1.165, 1.54) is 11.6 Å². The molecule has 0 spiro atoms. The molecule has 2 atom stereocenters. The van der Waals surface area contributed by atoms with Gasteiger partial charge < -0.3 is 10.2 Å². The molecule has 7 nitrogen and oxygen atoms in total. The largest absolute Gasteiger partial charge is 0.352 e. The van der Waals surface area contributed by atoms with Gasteiger partial charge in [0, 0.05) is 37.0 Å². The van der Waals surface area contributed by atoms with E-state index >= 15 is 0 Å². The second-order valence-electron chi connectivity index (χ2n) is 11.1. The lowest BCUT2D eigenvalue weighted by Gasteiger charge is -2.34. The van der Waals surface area contributed by atoms with E-state index in [1.54, 1.807) is 18.2 Å². The maximum Gasteiger partial charge on any atom is 0.238 e. The molecule has 1 aliphatic heterocycles. The monoisotopic (exact) mass is 559 g/mol. The van der Waals surface area contributed by atoms with Crippen LogP contribution in [0.25, 0.3) is 11.1 Å². The lowest BCUT2D eigenvalue weighted by atomic mass is 9.88. The molecule has 1 heterocycles. The van der Waals surface area contributed by atoms with Crippen LogP contribution >= 0.6 is 0 Å². The number of amides is 2. The molecule has 1 saturated heterocycles. The number of piperidine rings is 1. The highest BCUT2D eigenvalue weighted by Crippen LogP contribution is 2.35. The highest BCUT2D eigenvalue weighted by Gasteiger charge is 2.40. The van der Waals surface area contributed by atoms with Crippen LogP contribution in [0.1, 0.15) is 43.2 Å². The Morgan fingerprint density at radius 3 is 2.15 bits per heavy atom. The molecule has 3 aromatic carbocycles. The average Bonchev–Trinajstić information content (AvgIpc) is 3.47. The smallest absolute Gasteiger partial charge is 0.238 e. The second-order valence-corrected chi connectivity index (χ2v) is 12.6. The zero-order chi connectivity index (χ0) is 28.1. The third-order valence-corrected chi connectivity index (χ3v) is 9.36. The van der Waals surface area contributed by atoms with Crippen molar-refractivity contribution in [3.63, 3.8) is 0 Å². The predicted molar refractivity (Wildman–Crippen MR) is 155 cm³/mol. The molecule has 2 amide bonds. The van der Waals surface area contributed by atoms with Crippen LogP contribution in [0.3, 0.4) is 0 Å². The molecule has 5 rings (SSSR count). The fourth-order valence-electron chi connectivity index (χ4n) is 6.18. The van der Waals surface area contributed by atoms with E-state index < -0.39 is 10.0 Å². The van der Waals surface area contributed by atoms with Crippen LogP contribution in [0.15, 0.2) is 83.8 Å². The number of likely N-dealkylation sites (tertiary alicyclic amines) is 1. The SMILES string of the molecule is NS(=O)(=O)c1ccccc1-c1ccc(CNC(=O)C2CCC[C@H]2C(=O)N2CCC(Cc3ccccc3)CC2)cc1. The molecule has 1 unspecified atom stereocenters. The van der Waals surface area contributed by atoms with Crippen LogP contribution in [-0.2, 0) is 32.6 Å². The van der Waals surface area contributed by atoms with Gasteiger partial charge in [-0.25, -0.2) is 13.6 Å². The first-order valence-corrected chi connectivity index (χ1v) is 15.7. The molecule has 0 aromatic heterocycles. The van der Waals surface area contributed by atoms with Crippen molar-refractivity contribution in [2.24, 2.45) is 22.9 Å². The molecule has 210 valence electrons. The summed E-state index contributed by atoms with van der Waals surface area (Å²) in [6, 6.07) is 24.5. The van der Waals surface area contributed by atoms with Gasteiger partial charge in [-0.3, -0.25) is 9.59 Å². The van der Waals surface area contributed by atoms with Crippen molar-refractivity contribution < 1.29 is 18.0 Å². The molecule has 40 heavy (non-hydrogen) atoms. The van der Waals surface area contributed by atoms with Gasteiger partial charge in [0.15, 0.2) is 0 Å². The molecule has 3 N–H and O–H groups in total. The van der Waals surface area contributed by atoms with Crippen molar-refractivity contribution in [1.29, 1.82) is 0 Å². The molecule has 0 bridgehead atoms. The molecule has 0 radical (unpaired) electrons. The lowest BCUT2D eigenvalue weighted by molar-refractivity contribution is -0.142. The molecule has 3 aromatic rings. The van der Waals surface area contributed by atoms with E-state index in [0.29, 0.717) is 18.0 Å². The minimum absolute atomic E-state index is 0.0709. The standard InChI is InChI=1S/C32H37N3O4S/c33-40(38,39)30-12-5-4-9-27(30)26-15-13-25(14-16-26)22-34-31(36)28-10-6-11-29(28)32(37)35-19-17-24(18-20-35)21-23-7-2-1-3-8-23/h1-5,7-9,12-16,24,28-29H,6,10-11,17-22H2,(H,34,36)(H2,33,38,39)/t28?,29-/m1/s1. The van der Waals surface area contributed by atoms with Crippen molar-refractivity contribution in [3.8, 4) is 11.1 Å². The van der Waals surface area contributed by atoms with Crippen LogP contribution in [0.4, 0.5) is 0 Å². The van der Waals surface area contributed by atoms with Gasteiger partial charge in [-0.1, -0.05) is 79.2 Å². The van der Waals surface area contributed by atoms with E-state index in [4.69, 9.17) is 5.14 Å². The number of nitrogens with two attached hydrogens (primary N) is 1. The van der Waals surface area contributed by atoms with Crippen LogP contribution in [0.2, 0.25) is 0 Å². The fourth-order valence-corrected chi connectivity index (χ4v) is 6.95. The second kappa shape index (κ2) is 12.4. The molecular weight excluding hydrogens is 522 g/mol. The number of nitrogens with zero attached hydrogens (tertiary/aromatic N) is 1. The first-order chi connectivity index (χ1) is 19.3. The Hall–Kier alpha value is -3.49. The maximum absolute atomic E-state index is 13.4. The molecule has 2 fully saturated rings. The number of primary sulfonamides is 1. The summed E-state index contributed by atoms with van der Waals surface area (Å²) in [5, 5.41) is 8.41. The Morgan fingerprint density at radius 2 is 1.45 bits per heavy atom. The first kappa shape index (κ1) is 28.1. The average molecular weight is 560 g/mol. The van der Waals surface area contributed by atoms with Crippen molar-refractivity contribution in [2.75, 3.05) is 13.1 Å². The van der Waals surface area contributed by atoms with Crippen molar-refractivity contribution in [1.82, 2.24) is 10.2 Å². The summed E-state index contributed by atoms with van der Waals surface area (Å²) in [6.07, 6.45) is 5.44. The summed E-state index contributed by atoms with van der Waals surface area (Å²) < 4.78 is 23.9. The number of carbonyl (C=O) groups is 2. The Labute approximate surface area is 236 Å². The molecule has 2 aliphatic rings. The Kier molecular flexibility index (Phi) is 8.66. The van der Waals surface area contributed by atoms with Gasteiger partial charge in [-0.05, 0) is 60.8 Å². The Balaban J connectivity index is 1.14. The summed E-state index contributed by atoms with van der Waals surface area (Å²) >= 11 is 0. The highest BCUT2D eigenvalue weighted by molar-refractivity contribution is 7.89. The summed E-state index contributed by atoms with van der Waals surface area (Å²) in [5.41, 5.74) is 3.51. The topological polar surface area (TPSA) is 110 Å². The van der Waals surface area contributed by atoms with Gasteiger partial charge >= 0.3 is 0 Å². The van der Waals surface area contributed by atoms with Gasteiger partial charge in [0.05, 0.1) is 4.90 Å². The molecule has 8 heteroatoms. The highest BCUT2D eigenvalue weighted by atomic mass is 32.2. The van der Waals surface area contributed by atoms with E-state index in [-0.39, 0.29) is 28.5 Å². The van der Waals surface area contributed by atoms with E-state index in [9.17, 15) is 18.0 Å². The van der Waals surface area contributed by atoms with Crippen molar-refractivity contribution >= 4 is 21.8 Å². The number of hydrogen-bond acceptors (Lipinski definition) is 4. The normalized spacial score (nSPS) is 19.9. The predicted octanol–water partition coefficient (Wildman–Crippen LogP) is 4.51. The number of sulfonamides is 1. The maximum atomic E-state index is 13.4. The number of carbonyl (C=O) groups excluding carboxylic acids is 2. The number of benzene rings is 3. The minimum Gasteiger partial charge on any atom is -0.352 e. The van der Waals surface area contributed by atoms with Crippen LogP contribution in [-0.4, -0.2) is 38.2 Å². The van der Waals surface area contributed by atoms with Crippen molar-refractivity contribution in [3.05, 3.63) is 90.0 Å². The molecule has 1 aliphatic carbocycles. The van der Waals surface area contributed by atoms with Crippen LogP contribution in [0.5, 0.6) is 0 Å². The number of nitrogens with one attached hydrogen (secondary N) is 1. The Bertz CT molecular complexity index is 1430. The third kappa shape index (κ3) is 6.62. The quantitative estimate of drug-likeness (QED) is 0.423. The van der Waals surface area contributed by atoms with Gasteiger partial charge in [0.1, 0.15) is 0 Å². The van der Waals surface area contributed by atoms with Gasteiger partial charge in [-0.2, -0.15) is 0 Å². The molecular formula is C32H37N3O4S. The zero-order valence-corrected chi connectivity index (χ0v) is 23.5. The summed E-state index contributed by atoms with van der Waals surface area (Å²) in [6.45, 7) is 1.88. The first-order valence-electron chi connectivity index (χ1n) is 14.1. The van der Waals surface area contributed by atoms with Crippen molar-refractivity contribution in [2.45, 2.75) is 50.0 Å². The van der Waals surface area contributed by atoms with E-state index in [1.807, 2.05) is 35.2 Å². The summed E-state index contributed by atoms with van der Waals surface area (Å²) in [5.74, 6) is 0.110. The van der Waals surface area contributed by atoms with E-state index in [2.05, 4.69) is 29.6 Å². The number of hydrogen-bond donors (Lipinski definition) is 2. The minimum atomic E-state index is -3.85. The third-order valence-electron chi connectivity index (χ3n) is 8.39. The zero-order valence-electron chi connectivity index (χ0n) is 22.7. The van der Waals surface area contributed by atoms with Gasteiger partial charge in [-0.15, -0.1) is 0 Å². The summed E-state index contributed by atoms with van der Waals surface area (Å²) in [4.78, 5) is 28.6. The van der Waals surface area contributed by atoms with Gasteiger partial charge in [0.25, 0.3) is 0 Å². The van der Waals surface area contributed by atoms with Crippen LogP contribution in [0, 0.1) is 17.8 Å². The van der Waals surface area contributed by atoms with E-state index in [0.717, 1.165) is 62.7 Å². The van der Waals surface area contributed by atoms with Crippen LogP contribution < -0.4 is 10.5 Å². The number of rotatable bonds is 8. The van der Waals surface area contributed by atoms with Gasteiger partial charge in [0.2, 0.25) is 21.8 Å². The Morgan fingerprint density at radius 1 is 0.800 bits per heavy atom. The summed E-state index contributed by atoms with van der Waals surface area (Å²) in [7, 11) is -3.85.